The second kappa shape index (κ2) is 6.41. The molecular formula is C19H28N2O. The van der Waals surface area contributed by atoms with Gasteiger partial charge in [0.25, 0.3) is 0 Å². The molecule has 120 valence electrons. The molecule has 22 heavy (non-hydrogen) atoms. The topological polar surface area (TPSA) is 46.3 Å². The molecule has 3 nitrogen and oxygen atoms in total. The minimum absolute atomic E-state index is 0.154. The third-order valence-corrected chi connectivity index (χ3v) is 5.55. The number of carbonyl (C=O) groups is 1. The van der Waals surface area contributed by atoms with Crippen LogP contribution in [0.15, 0.2) is 24.3 Å². The molecule has 2 aliphatic rings. The summed E-state index contributed by atoms with van der Waals surface area (Å²) in [6.45, 7) is 5.24. The Balaban J connectivity index is 1.70. The first-order valence-corrected chi connectivity index (χ1v) is 8.68. The lowest BCUT2D eigenvalue weighted by atomic mass is 9.85. The number of nitrogens with two attached hydrogens (primary N) is 1. The molecule has 1 heterocycles. The summed E-state index contributed by atoms with van der Waals surface area (Å²) in [5.74, 6) is 0.984. The molecule has 2 fully saturated rings. The fourth-order valence-electron chi connectivity index (χ4n) is 4.29. The summed E-state index contributed by atoms with van der Waals surface area (Å²) < 4.78 is 0. The van der Waals surface area contributed by atoms with Crippen LogP contribution in [0.5, 0.6) is 0 Å². The van der Waals surface area contributed by atoms with Crippen LogP contribution in [0.1, 0.15) is 56.1 Å². The molecule has 0 radical (unpaired) electrons. The molecular weight excluding hydrogens is 272 g/mol. The zero-order chi connectivity index (χ0) is 15.7. The standard InChI is InChI=1S/C19H28N2O/c1-13-6-3-4-9-18(13)16-10-14(2)21(12-16)19(22)15-7-5-8-17(20)11-15/h3-4,6,9,14-17H,5,7-8,10-12,20H2,1-2H3. The van der Waals surface area contributed by atoms with Crippen LogP contribution in [0.3, 0.4) is 0 Å². The van der Waals surface area contributed by atoms with Crippen LogP contribution in [0.2, 0.25) is 0 Å². The smallest absolute Gasteiger partial charge is 0.225 e. The van der Waals surface area contributed by atoms with Gasteiger partial charge in [0.1, 0.15) is 0 Å². The van der Waals surface area contributed by atoms with E-state index in [9.17, 15) is 4.79 Å². The van der Waals surface area contributed by atoms with E-state index in [-0.39, 0.29) is 12.0 Å². The van der Waals surface area contributed by atoms with Gasteiger partial charge in [-0.25, -0.2) is 0 Å². The molecule has 1 saturated heterocycles. The van der Waals surface area contributed by atoms with Crippen molar-refractivity contribution in [2.45, 2.75) is 64.0 Å². The fraction of sp³-hybridized carbons (Fsp3) is 0.632. The molecule has 3 heteroatoms. The Labute approximate surface area is 133 Å². The van der Waals surface area contributed by atoms with Gasteiger partial charge < -0.3 is 10.6 Å². The van der Waals surface area contributed by atoms with Gasteiger partial charge in [0.2, 0.25) is 5.91 Å². The van der Waals surface area contributed by atoms with Crippen molar-refractivity contribution in [3.8, 4) is 0 Å². The van der Waals surface area contributed by atoms with Crippen molar-refractivity contribution in [1.82, 2.24) is 4.90 Å². The van der Waals surface area contributed by atoms with Crippen LogP contribution < -0.4 is 5.73 Å². The van der Waals surface area contributed by atoms with Crippen LogP contribution in [0.4, 0.5) is 0 Å². The molecule has 1 aliphatic heterocycles. The molecule has 0 bridgehead atoms. The van der Waals surface area contributed by atoms with Gasteiger partial charge in [0.05, 0.1) is 0 Å². The molecule has 4 unspecified atom stereocenters. The number of likely N-dealkylation sites (tertiary alicyclic amines) is 1. The lowest BCUT2D eigenvalue weighted by Crippen LogP contribution is -2.42. The molecule has 0 spiro atoms. The number of rotatable bonds is 2. The van der Waals surface area contributed by atoms with E-state index >= 15 is 0 Å². The summed E-state index contributed by atoms with van der Waals surface area (Å²) >= 11 is 0. The Kier molecular flexibility index (Phi) is 4.53. The Morgan fingerprint density at radius 1 is 1.23 bits per heavy atom. The van der Waals surface area contributed by atoms with Crippen molar-refractivity contribution in [2.24, 2.45) is 11.7 Å². The normalized spacial score (nSPS) is 32.2. The van der Waals surface area contributed by atoms with Gasteiger partial charge in [-0.3, -0.25) is 4.79 Å². The van der Waals surface area contributed by atoms with E-state index < -0.39 is 0 Å². The van der Waals surface area contributed by atoms with Crippen molar-refractivity contribution >= 4 is 5.91 Å². The van der Waals surface area contributed by atoms with Gasteiger partial charge in [0.15, 0.2) is 0 Å². The maximum atomic E-state index is 12.9. The highest BCUT2D eigenvalue weighted by Gasteiger charge is 2.37. The predicted molar refractivity (Wildman–Crippen MR) is 89.6 cm³/mol. The van der Waals surface area contributed by atoms with Gasteiger partial charge in [-0.2, -0.15) is 0 Å². The second-order valence-corrected chi connectivity index (χ2v) is 7.25. The number of benzene rings is 1. The SMILES string of the molecule is Cc1ccccc1C1CC(C)N(C(=O)C2CCCC(N)C2)C1. The zero-order valence-electron chi connectivity index (χ0n) is 13.8. The number of aryl methyl sites for hydroxylation is 1. The van der Waals surface area contributed by atoms with Crippen molar-refractivity contribution in [2.75, 3.05) is 6.54 Å². The first-order chi connectivity index (χ1) is 10.6. The highest BCUT2D eigenvalue weighted by molar-refractivity contribution is 5.79. The summed E-state index contributed by atoms with van der Waals surface area (Å²) in [6, 6.07) is 9.14. The van der Waals surface area contributed by atoms with Gasteiger partial charge in [-0.1, -0.05) is 30.7 Å². The van der Waals surface area contributed by atoms with Crippen LogP contribution in [-0.4, -0.2) is 29.4 Å². The molecule has 4 atom stereocenters. The molecule has 1 saturated carbocycles. The Morgan fingerprint density at radius 3 is 2.73 bits per heavy atom. The van der Waals surface area contributed by atoms with Crippen molar-refractivity contribution in [1.29, 1.82) is 0 Å². The number of hydrogen-bond donors (Lipinski definition) is 1. The molecule has 0 aromatic heterocycles. The minimum atomic E-state index is 0.154. The van der Waals surface area contributed by atoms with Gasteiger partial charge in [0, 0.05) is 30.5 Å². The summed E-state index contributed by atoms with van der Waals surface area (Å²) in [5, 5.41) is 0. The van der Waals surface area contributed by atoms with Crippen LogP contribution in [0.25, 0.3) is 0 Å². The summed E-state index contributed by atoms with van der Waals surface area (Å²) in [4.78, 5) is 15.0. The third-order valence-electron chi connectivity index (χ3n) is 5.55. The van der Waals surface area contributed by atoms with Gasteiger partial charge >= 0.3 is 0 Å². The zero-order valence-corrected chi connectivity index (χ0v) is 13.8. The average Bonchev–Trinajstić information content (AvgIpc) is 2.88. The quantitative estimate of drug-likeness (QED) is 0.911. The van der Waals surface area contributed by atoms with E-state index in [4.69, 9.17) is 5.73 Å². The molecule has 1 aromatic rings. The highest BCUT2D eigenvalue weighted by Crippen LogP contribution is 2.35. The molecule has 1 amide bonds. The van der Waals surface area contributed by atoms with E-state index in [2.05, 4.69) is 43.0 Å². The molecule has 2 N–H and O–H groups in total. The van der Waals surface area contributed by atoms with Gasteiger partial charge in [-0.15, -0.1) is 0 Å². The van der Waals surface area contributed by atoms with Crippen molar-refractivity contribution in [3.05, 3.63) is 35.4 Å². The lowest BCUT2D eigenvalue weighted by Gasteiger charge is -2.31. The van der Waals surface area contributed by atoms with Crippen molar-refractivity contribution in [3.63, 3.8) is 0 Å². The minimum Gasteiger partial charge on any atom is -0.339 e. The number of hydrogen-bond acceptors (Lipinski definition) is 2. The Hall–Kier alpha value is -1.35. The monoisotopic (exact) mass is 300 g/mol. The van der Waals surface area contributed by atoms with E-state index in [1.54, 1.807) is 0 Å². The van der Waals surface area contributed by atoms with Crippen LogP contribution >= 0.6 is 0 Å². The number of amides is 1. The summed E-state index contributed by atoms with van der Waals surface area (Å²) in [6.07, 6.45) is 5.14. The van der Waals surface area contributed by atoms with E-state index in [1.165, 1.54) is 11.1 Å². The fourth-order valence-corrected chi connectivity index (χ4v) is 4.29. The molecule has 3 rings (SSSR count). The summed E-state index contributed by atoms with van der Waals surface area (Å²) in [7, 11) is 0. The predicted octanol–water partition coefficient (Wildman–Crippen LogP) is 3.22. The number of carbonyl (C=O) groups excluding carboxylic acids is 1. The first kappa shape index (κ1) is 15.5. The highest BCUT2D eigenvalue weighted by atomic mass is 16.2. The average molecular weight is 300 g/mol. The van der Waals surface area contributed by atoms with E-state index in [0.717, 1.165) is 38.6 Å². The Morgan fingerprint density at radius 2 is 2.00 bits per heavy atom. The molecule has 1 aromatic carbocycles. The third kappa shape index (κ3) is 3.05. The lowest BCUT2D eigenvalue weighted by molar-refractivity contribution is -0.137. The van der Waals surface area contributed by atoms with Crippen molar-refractivity contribution < 1.29 is 4.79 Å². The van der Waals surface area contributed by atoms with Crippen LogP contribution in [-0.2, 0) is 4.79 Å². The summed E-state index contributed by atoms with van der Waals surface area (Å²) in [5.41, 5.74) is 8.81. The first-order valence-electron chi connectivity index (χ1n) is 8.68. The Bertz CT molecular complexity index is 542. The van der Waals surface area contributed by atoms with E-state index in [0.29, 0.717) is 17.9 Å². The second-order valence-electron chi connectivity index (χ2n) is 7.25. The van der Waals surface area contributed by atoms with Gasteiger partial charge in [-0.05, 0) is 50.7 Å². The maximum absolute atomic E-state index is 12.9. The van der Waals surface area contributed by atoms with Crippen LogP contribution in [0, 0.1) is 12.8 Å². The maximum Gasteiger partial charge on any atom is 0.225 e. The largest absolute Gasteiger partial charge is 0.339 e. The molecule has 1 aliphatic carbocycles. The number of nitrogens with zero attached hydrogens (tertiary/aromatic N) is 1. The van der Waals surface area contributed by atoms with E-state index in [1.807, 2.05) is 0 Å².